The van der Waals surface area contributed by atoms with E-state index in [4.69, 9.17) is 26.0 Å². The number of hydrogen-bond acceptors (Lipinski definition) is 5. The lowest BCUT2D eigenvalue weighted by Crippen LogP contribution is -2.23. The molecule has 6 nitrogen and oxygen atoms in total. The first kappa shape index (κ1) is 39.5. The molecule has 0 aromatic carbocycles. The van der Waals surface area contributed by atoms with Crippen LogP contribution in [0.15, 0.2) is 0 Å². The summed E-state index contributed by atoms with van der Waals surface area (Å²) in [4.78, 5) is 21.2. The fourth-order valence-corrected chi connectivity index (χ4v) is 4.12. The summed E-state index contributed by atoms with van der Waals surface area (Å²) in [6.07, 6.45) is 23.2. The van der Waals surface area contributed by atoms with Crippen LogP contribution in [-0.2, 0) is 25.6 Å². The minimum absolute atomic E-state index is 0. The monoisotopic (exact) mass is 543 g/mol. The Morgan fingerprint density at radius 3 is 1.60 bits per heavy atom. The predicted molar refractivity (Wildman–Crippen MR) is 157 cm³/mol. The minimum Gasteiger partial charge on any atom is -0.400 e. The molecule has 0 spiro atoms. The number of unbranched alkanes of at least 4 members (excludes halogenated alkanes) is 15. The molecule has 216 valence electrons. The van der Waals surface area contributed by atoms with Gasteiger partial charge in [-0.3, -0.25) is 4.79 Å². The first-order valence-corrected chi connectivity index (χ1v) is 16.8. The van der Waals surface area contributed by atoms with Crippen molar-refractivity contribution < 1.29 is 25.3 Å². The third-order valence-corrected chi connectivity index (χ3v) is 7.12. The molecular formula is C27H62NO5PS. The molecule has 3 N–H and O–H groups in total. The second-order valence-electron chi connectivity index (χ2n) is 8.95. The highest BCUT2D eigenvalue weighted by Crippen LogP contribution is 2.42. The lowest BCUT2D eigenvalue weighted by atomic mass is 10.0. The number of nitrogens with one attached hydrogen (secondary N) is 1. The van der Waals surface area contributed by atoms with Gasteiger partial charge in [0, 0.05) is 28.6 Å². The van der Waals surface area contributed by atoms with Gasteiger partial charge in [-0.1, -0.05) is 117 Å². The van der Waals surface area contributed by atoms with Gasteiger partial charge in [-0.2, -0.15) is 0 Å². The summed E-state index contributed by atoms with van der Waals surface area (Å²) in [5, 5.41) is 10.0. The van der Waals surface area contributed by atoms with Crippen molar-refractivity contribution >= 4 is 24.4 Å². The maximum Gasteiger partial charge on any atom is 0.324 e. The van der Waals surface area contributed by atoms with E-state index in [9.17, 15) is 9.69 Å². The molecule has 0 saturated heterocycles. The van der Waals surface area contributed by atoms with Crippen molar-refractivity contribution in [1.82, 2.24) is 5.32 Å². The Morgan fingerprint density at radius 2 is 1.17 bits per heavy atom. The van der Waals surface area contributed by atoms with E-state index in [2.05, 4.69) is 26.1 Å². The van der Waals surface area contributed by atoms with Gasteiger partial charge in [-0.05, 0) is 31.1 Å². The van der Waals surface area contributed by atoms with Crippen molar-refractivity contribution in [2.45, 2.75) is 143 Å². The number of carbonyl (C=O) groups is 1. The van der Waals surface area contributed by atoms with Gasteiger partial charge in [-0.25, -0.2) is 0 Å². The number of carbonyl (C=O) groups excluding carboxylic acids is 1. The molecule has 0 aromatic rings. The number of hydrogen-bond donors (Lipinski definition) is 3. The molecule has 0 aliphatic rings. The van der Waals surface area contributed by atoms with E-state index in [-0.39, 0.29) is 7.33 Å². The van der Waals surface area contributed by atoms with Crippen molar-refractivity contribution in [3.8, 4) is 0 Å². The SMILES string of the molecule is CCC.CCCCCCCCCCCCCCCCNC(=O)CCCCCOP(O)(=S)OC.CO.[HH]. The third kappa shape index (κ3) is 38.6. The molecule has 0 heterocycles. The Labute approximate surface area is 225 Å². The third-order valence-electron chi connectivity index (χ3n) is 5.39. The predicted octanol–water partition coefficient (Wildman–Crippen LogP) is 8.29. The van der Waals surface area contributed by atoms with Gasteiger partial charge < -0.3 is 24.4 Å². The van der Waals surface area contributed by atoms with Crippen LogP contribution in [-0.4, -0.2) is 43.3 Å². The van der Waals surface area contributed by atoms with Crippen molar-refractivity contribution in [2.24, 2.45) is 0 Å². The highest BCUT2D eigenvalue weighted by Gasteiger charge is 2.11. The second kappa shape index (κ2) is 34.0. The van der Waals surface area contributed by atoms with Gasteiger partial charge in [0.2, 0.25) is 5.91 Å². The molecule has 0 aliphatic carbocycles. The largest absolute Gasteiger partial charge is 0.400 e. The average Bonchev–Trinajstić information content (AvgIpc) is 2.85. The smallest absolute Gasteiger partial charge is 0.324 e. The van der Waals surface area contributed by atoms with E-state index in [0.29, 0.717) is 13.0 Å². The molecule has 0 aliphatic heterocycles. The molecule has 1 unspecified atom stereocenters. The van der Waals surface area contributed by atoms with E-state index in [0.717, 1.165) is 39.3 Å². The Kier molecular flexibility index (Phi) is 38.3. The van der Waals surface area contributed by atoms with Crippen molar-refractivity contribution in [3.05, 3.63) is 0 Å². The van der Waals surface area contributed by atoms with Gasteiger partial charge in [0.25, 0.3) is 0 Å². The second-order valence-corrected chi connectivity index (χ2v) is 11.9. The van der Waals surface area contributed by atoms with Crippen LogP contribution in [0, 0.1) is 0 Å². The molecule has 1 atom stereocenters. The average molecular weight is 544 g/mol. The van der Waals surface area contributed by atoms with Gasteiger partial charge >= 0.3 is 6.72 Å². The highest BCUT2D eigenvalue weighted by molar-refractivity contribution is 8.07. The molecule has 35 heavy (non-hydrogen) atoms. The highest BCUT2D eigenvalue weighted by atomic mass is 32.5. The zero-order valence-corrected chi connectivity index (χ0v) is 25.5. The van der Waals surface area contributed by atoms with E-state index < -0.39 is 6.72 Å². The first-order chi connectivity index (χ1) is 16.9. The zero-order valence-electron chi connectivity index (χ0n) is 23.8. The van der Waals surface area contributed by atoms with Gasteiger partial charge in [-0.15, -0.1) is 0 Å². The Morgan fingerprint density at radius 1 is 0.771 bits per heavy atom. The van der Waals surface area contributed by atoms with Crippen molar-refractivity contribution in [1.29, 1.82) is 0 Å². The van der Waals surface area contributed by atoms with Crippen LogP contribution in [0.5, 0.6) is 0 Å². The fraction of sp³-hybridized carbons (Fsp3) is 0.963. The molecule has 0 saturated carbocycles. The standard InChI is InChI=1S/C23H48NO4PS.C3H8.CH4O.H2/c1-3-4-5-6-7-8-9-10-11-12-13-14-15-18-21-24-23(25)20-17-16-19-22-28-29(26,30)27-2;1-3-2;1-2;/h3-22H2,1-2H3,(H,24,25)(H,26,30);3H2,1-2H3;2H,1H3;1H. The number of aliphatic hydroxyl groups is 1. The van der Waals surface area contributed by atoms with Crippen LogP contribution in [0.3, 0.4) is 0 Å². The molecule has 0 rings (SSSR count). The maximum atomic E-state index is 11.8. The minimum atomic E-state index is -3.03. The maximum absolute atomic E-state index is 11.8. The quantitative estimate of drug-likeness (QED) is 0.0887. The molecule has 0 aromatic heterocycles. The number of aliphatic hydroxyl groups excluding tert-OH is 1. The van der Waals surface area contributed by atoms with Crippen LogP contribution >= 0.6 is 6.72 Å². The summed E-state index contributed by atoms with van der Waals surface area (Å²) in [6.45, 7) is 4.66. The van der Waals surface area contributed by atoms with Crippen LogP contribution in [0.1, 0.15) is 144 Å². The van der Waals surface area contributed by atoms with Crippen LogP contribution < -0.4 is 5.32 Å². The zero-order chi connectivity index (χ0) is 27.0. The topological polar surface area (TPSA) is 88.0 Å². The summed E-state index contributed by atoms with van der Waals surface area (Å²) in [5.74, 6) is 0.134. The summed E-state index contributed by atoms with van der Waals surface area (Å²) in [7, 11) is 2.35. The first-order valence-electron chi connectivity index (χ1n) is 14.2. The van der Waals surface area contributed by atoms with Crippen molar-refractivity contribution in [2.75, 3.05) is 27.4 Å². The Hall–Kier alpha value is -0.0400. The molecule has 1 amide bonds. The van der Waals surface area contributed by atoms with Crippen LogP contribution in [0.4, 0.5) is 0 Å². The van der Waals surface area contributed by atoms with Crippen molar-refractivity contribution in [3.63, 3.8) is 0 Å². The Bertz CT molecular complexity index is 462. The summed E-state index contributed by atoms with van der Waals surface area (Å²) in [6, 6.07) is 0. The van der Waals surface area contributed by atoms with Crippen LogP contribution in [0.25, 0.3) is 0 Å². The summed E-state index contributed by atoms with van der Waals surface area (Å²) in [5.41, 5.74) is 0. The van der Waals surface area contributed by atoms with E-state index in [1.807, 2.05) is 0 Å². The van der Waals surface area contributed by atoms with E-state index in [1.165, 1.54) is 97.0 Å². The number of rotatable bonds is 23. The normalized spacial score (nSPS) is 12.1. The lowest BCUT2D eigenvalue weighted by molar-refractivity contribution is -0.121. The van der Waals surface area contributed by atoms with E-state index >= 15 is 0 Å². The molecule has 0 fully saturated rings. The van der Waals surface area contributed by atoms with Gasteiger partial charge in [0.05, 0.1) is 6.61 Å². The molecule has 8 heteroatoms. The fourth-order valence-electron chi connectivity index (χ4n) is 3.43. The molecule has 0 bridgehead atoms. The molecular weight excluding hydrogens is 481 g/mol. The van der Waals surface area contributed by atoms with E-state index in [1.54, 1.807) is 0 Å². The van der Waals surface area contributed by atoms with Gasteiger partial charge in [0.1, 0.15) is 0 Å². The van der Waals surface area contributed by atoms with Gasteiger partial charge in [0.15, 0.2) is 0 Å². The lowest BCUT2D eigenvalue weighted by Gasteiger charge is -2.12. The summed E-state index contributed by atoms with van der Waals surface area (Å²) < 4.78 is 9.80. The Balaban J connectivity index is -0.000000788. The number of amides is 1. The van der Waals surface area contributed by atoms with Crippen LogP contribution in [0.2, 0.25) is 0 Å². The summed E-state index contributed by atoms with van der Waals surface area (Å²) >= 11 is 4.75. The molecule has 0 radical (unpaired) electrons.